The zero-order valence-electron chi connectivity index (χ0n) is 17.1. The van der Waals surface area contributed by atoms with Crippen LogP contribution in [0.2, 0.25) is 5.02 Å². The van der Waals surface area contributed by atoms with Crippen LogP contribution in [0.15, 0.2) is 54.7 Å². The van der Waals surface area contributed by atoms with Gasteiger partial charge in [0.25, 0.3) is 0 Å². The highest BCUT2D eigenvalue weighted by Crippen LogP contribution is 2.41. The van der Waals surface area contributed by atoms with E-state index < -0.39 is 17.8 Å². The van der Waals surface area contributed by atoms with E-state index in [1.54, 1.807) is 24.3 Å². The molecular weight excluding hydrogens is 496 g/mol. The lowest BCUT2D eigenvalue weighted by molar-refractivity contribution is -0.258. The number of aromatic nitrogens is 2. The second kappa shape index (κ2) is 9.08. The number of hydrogen-bond acceptors (Lipinski definition) is 6. The monoisotopic (exact) mass is 514 g/mol. The van der Waals surface area contributed by atoms with Gasteiger partial charge in [-0.2, -0.15) is 13.2 Å². The summed E-state index contributed by atoms with van der Waals surface area (Å²) in [6.07, 6.45) is -3.58. The van der Waals surface area contributed by atoms with E-state index in [1.165, 1.54) is 23.6 Å². The minimum Gasteiger partial charge on any atom is -0.384 e. The number of rotatable bonds is 4. The summed E-state index contributed by atoms with van der Waals surface area (Å²) in [5.41, 5.74) is 10.2. The Labute approximate surface area is 202 Å². The molecule has 3 aromatic heterocycles. The number of pyridine rings is 2. The zero-order valence-corrected chi connectivity index (χ0v) is 19.5. The molecule has 1 aromatic carbocycles. The van der Waals surface area contributed by atoms with Gasteiger partial charge in [0, 0.05) is 21.3 Å². The van der Waals surface area contributed by atoms with Gasteiger partial charge in [-0.3, -0.25) is 4.98 Å². The van der Waals surface area contributed by atoms with Crippen molar-refractivity contribution in [2.75, 3.05) is 5.73 Å². The molecule has 0 aliphatic rings. The Hall–Kier alpha value is -2.43. The van der Waals surface area contributed by atoms with Gasteiger partial charge in [0.05, 0.1) is 22.5 Å². The second-order valence-corrected chi connectivity index (χ2v) is 8.94. The predicted molar refractivity (Wildman–Crippen MR) is 128 cm³/mol. The first-order valence-electron chi connectivity index (χ1n) is 9.45. The van der Waals surface area contributed by atoms with Crippen molar-refractivity contribution < 1.29 is 18.3 Å². The Morgan fingerprint density at radius 3 is 2.55 bits per heavy atom. The van der Waals surface area contributed by atoms with Crippen LogP contribution in [0.5, 0.6) is 0 Å². The topological polar surface area (TPSA) is 98.0 Å². The summed E-state index contributed by atoms with van der Waals surface area (Å²) >= 11 is 7.61. The number of nitrogens with two attached hydrogens (primary N) is 2. The molecule has 0 spiro atoms. The maximum Gasteiger partial charge on any atom is 0.421 e. The number of halogens is 5. The van der Waals surface area contributed by atoms with Crippen LogP contribution < -0.4 is 11.5 Å². The summed E-state index contributed by atoms with van der Waals surface area (Å²) in [6, 6.07) is 12.3. The van der Waals surface area contributed by atoms with Crippen molar-refractivity contribution >= 4 is 51.2 Å². The molecule has 4 aromatic rings. The molecule has 33 heavy (non-hydrogen) atoms. The van der Waals surface area contributed by atoms with E-state index in [1.807, 2.05) is 12.1 Å². The Bertz CT molecular complexity index is 1310. The second-order valence-electron chi connectivity index (χ2n) is 7.45. The van der Waals surface area contributed by atoms with Crippen LogP contribution in [0.1, 0.15) is 29.1 Å². The van der Waals surface area contributed by atoms with Gasteiger partial charge >= 0.3 is 6.18 Å². The van der Waals surface area contributed by atoms with Gasteiger partial charge in [-0.1, -0.05) is 29.8 Å². The summed E-state index contributed by atoms with van der Waals surface area (Å²) in [5.74, 6) is 0.291. The Morgan fingerprint density at radius 1 is 1.12 bits per heavy atom. The number of anilines is 1. The minimum atomic E-state index is -4.83. The first-order valence-corrected chi connectivity index (χ1v) is 10.6. The van der Waals surface area contributed by atoms with Crippen LogP contribution in [0, 0.1) is 0 Å². The molecule has 3 heterocycles. The van der Waals surface area contributed by atoms with Crippen molar-refractivity contribution in [1.29, 1.82) is 0 Å². The first kappa shape index (κ1) is 25.2. The van der Waals surface area contributed by atoms with Crippen molar-refractivity contribution in [3.63, 3.8) is 0 Å². The van der Waals surface area contributed by atoms with Crippen molar-refractivity contribution in [2.45, 2.75) is 24.7 Å². The van der Waals surface area contributed by atoms with Crippen LogP contribution in [0.4, 0.5) is 19.0 Å². The summed E-state index contributed by atoms with van der Waals surface area (Å²) in [6.45, 7) is 0.720. The fourth-order valence-corrected chi connectivity index (χ4v) is 4.72. The molecule has 0 aliphatic heterocycles. The fourth-order valence-electron chi connectivity index (χ4n) is 3.31. The Kier molecular flexibility index (Phi) is 6.93. The van der Waals surface area contributed by atoms with Crippen LogP contribution in [0.25, 0.3) is 21.3 Å². The third kappa shape index (κ3) is 4.64. The standard InChI is InChI=1S/C22H18ClF3N4OS.ClH/c1-21(31,22(24,25)26)12-7-8-29-15(10-12)13-4-2-3-11-9-16(32-20(11)13)18(28)19-14(23)5-6-17(27)30-19;/h2-10,18,31H,28H2,1H3,(H2,27,30);1H/t18?,21-;/m0./s1. The minimum absolute atomic E-state index is 0. The number of aliphatic hydroxyl groups is 1. The summed E-state index contributed by atoms with van der Waals surface area (Å²) < 4.78 is 40.7. The van der Waals surface area contributed by atoms with Gasteiger partial charge in [0.1, 0.15) is 5.82 Å². The molecule has 0 saturated heterocycles. The Balaban J connectivity index is 0.00000306. The largest absolute Gasteiger partial charge is 0.421 e. The lowest BCUT2D eigenvalue weighted by Gasteiger charge is -2.26. The molecule has 0 fully saturated rings. The highest BCUT2D eigenvalue weighted by atomic mass is 35.5. The maximum atomic E-state index is 13.3. The van der Waals surface area contributed by atoms with Crippen molar-refractivity contribution in [3.8, 4) is 11.3 Å². The number of benzene rings is 1. The lowest BCUT2D eigenvalue weighted by Crippen LogP contribution is -2.39. The quantitative estimate of drug-likeness (QED) is 0.318. The first-order chi connectivity index (χ1) is 15.0. The number of nitrogens with zero attached hydrogens (tertiary/aromatic N) is 2. The van der Waals surface area contributed by atoms with Crippen LogP contribution in [0.3, 0.4) is 0 Å². The van der Waals surface area contributed by atoms with Gasteiger partial charge in [0.15, 0.2) is 5.60 Å². The number of alkyl halides is 3. The molecule has 0 bridgehead atoms. The van der Waals surface area contributed by atoms with Crippen molar-refractivity contribution in [2.24, 2.45) is 5.73 Å². The van der Waals surface area contributed by atoms with Crippen LogP contribution >= 0.6 is 35.3 Å². The molecule has 2 atom stereocenters. The number of hydrogen-bond donors (Lipinski definition) is 3. The highest BCUT2D eigenvalue weighted by Gasteiger charge is 2.51. The van der Waals surface area contributed by atoms with Crippen molar-refractivity contribution in [3.05, 3.63) is 75.9 Å². The van der Waals surface area contributed by atoms with Gasteiger partial charge in [-0.25, -0.2) is 4.98 Å². The van der Waals surface area contributed by atoms with E-state index in [0.717, 1.165) is 28.0 Å². The molecule has 0 radical (unpaired) electrons. The van der Waals surface area contributed by atoms with E-state index in [0.29, 0.717) is 27.8 Å². The van der Waals surface area contributed by atoms with E-state index in [-0.39, 0.29) is 18.0 Å². The maximum absolute atomic E-state index is 13.3. The SMILES string of the molecule is C[C@](O)(c1ccnc(-c2cccc3cc(C(N)c4nc(N)ccc4Cl)sc23)c1)C(F)(F)F.Cl. The summed E-state index contributed by atoms with van der Waals surface area (Å²) in [7, 11) is 0. The molecule has 1 unspecified atom stereocenters. The van der Waals surface area contributed by atoms with Gasteiger partial charge in [0.2, 0.25) is 0 Å². The van der Waals surface area contributed by atoms with E-state index in [9.17, 15) is 18.3 Å². The van der Waals surface area contributed by atoms with Crippen LogP contribution in [-0.4, -0.2) is 21.3 Å². The molecule has 0 amide bonds. The lowest BCUT2D eigenvalue weighted by atomic mass is 9.94. The Morgan fingerprint density at radius 2 is 1.85 bits per heavy atom. The van der Waals surface area contributed by atoms with Crippen LogP contribution in [-0.2, 0) is 5.60 Å². The summed E-state index contributed by atoms with van der Waals surface area (Å²) in [4.78, 5) is 9.24. The molecule has 0 aliphatic carbocycles. The van der Waals surface area contributed by atoms with E-state index in [4.69, 9.17) is 23.1 Å². The van der Waals surface area contributed by atoms with Gasteiger partial charge in [-0.15, -0.1) is 23.7 Å². The average Bonchev–Trinajstić information content (AvgIpc) is 3.18. The van der Waals surface area contributed by atoms with Gasteiger partial charge < -0.3 is 16.6 Å². The third-order valence-corrected chi connectivity index (χ3v) is 6.80. The smallest absolute Gasteiger partial charge is 0.384 e. The third-order valence-electron chi connectivity index (χ3n) is 5.21. The highest BCUT2D eigenvalue weighted by molar-refractivity contribution is 7.19. The molecular formula is C22H19Cl2F3N4OS. The van der Waals surface area contributed by atoms with Crippen molar-refractivity contribution in [1.82, 2.24) is 9.97 Å². The molecule has 0 saturated carbocycles. The molecule has 4 rings (SSSR count). The zero-order chi connectivity index (χ0) is 23.3. The van der Waals surface area contributed by atoms with Gasteiger partial charge in [-0.05, 0) is 48.2 Å². The predicted octanol–water partition coefficient (Wildman–Crippen LogP) is 5.83. The van der Waals surface area contributed by atoms with E-state index >= 15 is 0 Å². The summed E-state index contributed by atoms with van der Waals surface area (Å²) in [5, 5.41) is 11.3. The normalized spacial score (nSPS) is 14.5. The average molecular weight is 515 g/mol. The molecule has 5 nitrogen and oxygen atoms in total. The number of fused-ring (bicyclic) bond motifs is 1. The fraction of sp³-hybridized carbons (Fsp3) is 0.182. The number of thiophene rings is 1. The molecule has 5 N–H and O–H groups in total. The van der Waals surface area contributed by atoms with E-state index in [2.05, 4.69) is 9.97 Å². The molecule has 174 valence electrons. The number of nitrogen functional groups attached to an aromatic ring is 1. The molecule has 11 heteroatoms.